The average molecular weight is 430 g/mol. The van der Waals surface area contributed by atoms with Gasteiger partial charge in [-0.05, 0) is 48.3 Å². The van der Waals surface area contributed by atoms with Gasteiger partial charge in [-0.2, -0.15) is 0 Å². The molecule has 0 amide bonds. The van der Waals surface area contributed by atoms with E-state index in [0.29, 0.717) is 25.0 Å². The van der Waals surface area contributed by atoms with E-state index in [1.165, 1.54) is 11.1 Å². The number of carbonyl (C=O) groups excluding carboxylic acids is 2. The van der Waals surface area contributed by atoms with Crippen molar-refractivity contribution in [3.8, 4) is 0 Å². The quantitative estimate of drug-likeness (QED) is 0.415. The first-order valence-electron chi connectivity index (χ1n) is 11.7. The maximum absolute atomic E-state index is 12.8. The number of hydrogen-bond donors (Lipinski definition) is 0. The van der Waals surface area contributed by atoms with Crippen LogP contribution in [-0.2, 0) is 22.4 Å². The summed E-state index contributed by atoms with van der Waals surface area (Å²) < 4.78 is 0. The van der Waals surface area contributed by atoms with Crippen LogP contribution in [0.2, 0.25) is 0 Å². The van der Waals surface area contributed by atoms with Crippen LogP contribution in [0.15, 0.2) is 65.7 Å². The van der Waals surface area contributed by atoms with E-state index in [0.717, 1.165) is 28.4 Å². The Balaban J connectivity index is 0.00000125. The van der Waals surface area contributed by atoms with Crippen LogP contribution in [0.1, 0.15) is 58.2 Å². The van der Waals surface area contributed by atoms with Gasteiger partial charge < -0.3 is 0 Å². The zero-order valence-electron chi connectivity index (χ0n) is 19.7. The molecule has 1 aliphatic rings. The summed E-state index contributed by atoms with van der Waals surface area (Å²) in [7, 11) is 0. The molecular formula is C29H35NO2. The second-order valence-corrected chi connectivity index (χ2v) is 8.49. The first-order chi connectivity index (χ1) is 15.5. The molecule has 3 aromatic rings. The molecule has 0 saturated heterocycles. The van der Waals surface area contributed by atoms with Gasteiger partial charge in [-0.3, -0.25) is 9.59 Å². The summed E-state index contributed by atoms with van der Waals surface area (Å²) in [5, 5.41) is 2.23. The van der Waals surface area contributed by atoms with E-state index < -0.39 is 0 Å². The Morgan fingerprint density at radius 1 is 1.03 bits per heavy atom. The smallest absolute Gasteiger partial charge is 0.177 e. The van der Waals surface area contributed by atoms with Crippen LogP contribution in [0.5, 0.6) is 0 Å². The molecule has 1 aliphatic heterocycles. The van der Waals surface area contributed by atoms with Gasteiger partial charge in [-0.15, -0.1) is 0 Å². The predicted molar refractivity (Wildman–Crippen MR) is 136 cm³/mol. The summed E-state index contributed by atoms with van der Waals surface area (Å²) in [4.78, 5) is 30.2. The molecule has 0 N–H and O–H groups in total. The number of rotatable bonds is 6. The first-order valence-corrected chi connectivity index (χ1v) is 11.7. The normalized spacial score (nSPS) is 14.0. The topological polar surface area (TPSA) is 46.5 Å². The highest BCUT2D eigenvalue weighted by Crippen LogP contribution is 2.32. The van der Waals surface area contributed by atoms with Crippen LogP contribution in [-0.4, -0.2) is 17.3 Å². The molecule has 32 heavy (non-hydrogen) atoms. The standard InChI is InChI=1S/C27H27NO2.C2H6.H2/c1-18-6-3-7-20(14-18)15-19(2)16-23(29)17-25-26(30)13-12-22-9-4-8-21-10-5-11-24(28-25)27(21)22;1-2;/h3-11,14,19H,12-13,15-17H2,1-2H3;1-2H3;1H. The van der Waals surface area contributed by atoms with Gasteiger partial charge in [0.2, 0.25) is 0 Å². The summed E-state index contributed by atoms with van der Waals surface area (Å²) >= 11 is 0. The number of Topliss-reactive ketones (excluding diaryl/α,β-unsaturated/α-hetero) is 2. The number of benzene rings is 3. The Morgan fingerprint density at radius 2 is 1.75 bits per heavy atom. The van der Waals surface area contributed by atoms with E-state index in [2.05, 4.69) is 61.3 Å². The fourth-order valence-electron chi connectivity index (χ4n) is 4.40. The molecule has 0 spiro atoms. The van der Waals surface area contributed by atoms with Crippen LogP contribution in [0.25, 0.3) is 10.8 Å². The third kappa shape index (κ3) is 5.79. The van der Waals surface area contributed by atoms with Gasteiger partial charge >= 0.3 is 0 Å². The van der Waals surface area contributed by atoms with Crippen molar-refractivity contribution in [2.75, 3.05) is 0 Å². The summed E-state index contributed by atoms with van der Waals surface area (Å²) in [6, 6.07) is 20.5. The predicted octanol–water partition coefficient (Wildman–Crippen LogP) is 7.24. The molecule has 0 aliphatic carbocycles. The zero-order valence-corrected chi connectivity index (χ0v) is 19.7. The Kier molecular flexibility index (Phi) is 8.10. The Labute approximate surface area is 193 Å². The molecule has 0 fully saturated rings. The lowest BCUT2D eigenvalue weighted by Gasteiger charge is -2.15. The molecule has 3 heteroatoms. The first kappa shape index (κ1) is 23.6. The van der Waals surface area contributed by atoms with E-state index in [-0.39, 0.29) is 25.3 Å². The minimum atomic E-state index is -0.0128. The number of hydrogen-bond acceptors (Lipinski definition) is 3. The molecule has 0 bridgehead atoms. The van der Waals surface area contributed by atoms with Gasteiger partial charge in [0.15, 0.2) is 5.78 Å². The monoisotopic (exact) mass is 429 g/mol. The van der Waals surface area contributed by atoms with Gasteiger partial charge in [0.25, 0.3) is 0 Å². The molecule has 0 aromatic heterocycles. The zero-order chi connectivity index (χ0) is 23.1. The van der Waals surface area contributed by atoms with Crippen LogP contribution in [0.4, 0.5) is 5.69 Å². The van der Waals surface area contributed by atoms with Crippen LogP contribution in [0.3, 0.4) is 0 Å². The van der Waals surface area contributed by atoms with Crippen molar-refractivity contribution in [3.05, 3.63) is 77.4 Å². The lowest BCUT2D eigenvalue weighted by molar-refractivity contribution is -0.119. The number of aryl methyl sites for hydroxylation is 2. The van der Waals surface area contributed by atoms with Crippen molar-refractivity contribution in [2.24, 2.45) is 10.9 Å². The maximum Gasteiger partial charge on any atom is 0.177 e. The Bertz CT molecular complexity index is 1140. The number of aliphatic imine (C=N–C) groups is 1. The minimum absolute atomic E-state index is 0. The van der Waals surface area contributed by atoms with Gasteiger partial charge in [-0.1, -0.05) is 80.9 Å². The fraction of sp³-hybridized carbons (Fsp3) is 0.345. The molecule has 4 rings (SSSR count). The second kappa shape index (κ2) is 11.0. The highest BCUT2D eigenvalue weighted by Gasteiger charge is 2.21. The third-order valence-corrected chi connectivity index (χ3v) is 5.78. The van der Waals surface area contributed by atoms with Gasteiger partial charge in [-0.25, -0.2) is 4.99 Å². The van der Waals surface area contributed by atoms with Crippen LogP contribution < -0.4 is 0 Å². The highest BCUT2D eigenvalue weighted by atomic mass is 16.1. The molecule has 1 heterocycles. The van der Waals surface area contributed by atoms with E-state index in [4.69, 9.17) is 0 Å². The Morgan fingerprint density at radius 3 is 2.50 bits per heavy atom. The Hall–Kier alpha value is -3.07. The highest BCUT2D eigenvalue weighted by molar-refractivity contribution is 6.43. The number of ketones is 2. The molecular weight excluding hydrogens is 394 g/mol. The largest absolute Gasteiger partial charge is 0.299 e. The SMILES string of the molecule is CC.Cc1cccc(CC(C)CC(=O)CC2=Nc3cccc4cccc(c34)CCC2=O)c1.[HH]. The number of nitrogens with zero attached hydrogens (tertiary/aromatic N) is 1. The van der Waals surface area contributed by atoms with Crippen LogP contribution in [0, 0.1) is 12.8 Å². The molecule has 3 nitrogen and oxygen atoms in total. The van der Waals surface area contributed by atoms with Crippen molar-refractivity contribution < 1.29 is 11.0 Å². The van der Waals surface area contributed by atoms with Gasteiger partial charge in [0, 0.05) is 19.7 Å². The molecule has 0 radical (unpaired) electrons. The summed E-state index contributed by atoms with van der Waals surface area (Å²) in [5.74, 6) is 0.303. The van der Waals surface area contributed by atoms with E-state index in [9.17, 15) is 9.59 Å². The second-order valence-electron chi connectivity index (χ2n) is 8.49. The van der Waals surface area contributed by atoms with E-state index in [1.807, 2.05) is 32.0 Å². The van der Waals surface area contributed by atoms with Crippen molar-refractivity contribution in [3.63, 3.8) is 0 Å². The molecule has 1 unspecified atom stereocenters. The summed E-state index contributed by atoms with van der Waals surface area (Å²) in [6.45, 7) is 8.18. The third-order valence-electron chi connectivity index (χ3n) is 5.78. The van der Waals surface area contributed by atoms with Crippen LogP contribution >= 0.6 is 0 Å². The maximum atomic E-state index is 12.8. The van der Waals surface area contributed by atoms with Crippen molar-refractivity contribution >= 4 is 33.7 Å². The van der Waals surface area contributed by atoms with E-state index >= 15 is 0 Å². The molecule has 1 atom stereocenters. The fourth-order valence-corrected chi connectivity index (χ4v) is 4.40. The molecule has 3 aromatic carbocycles. The van der Waals surface area contributed by atoms with Crippen molar-refractivity contribution in [1.82, 2.24) is 0 Å². The van der Waals surface area contributed by atoms with Gasteiger partial charge in [0.1, 0.15) is 5.78 Å². The lowest BCUT2D eigenvalue weighted by atomic mass is 9.91. The van der Waals surface area contributed by atoms with Gasteiger partial charge in [0.05, 0.1) is 17.8 Å². The number of carbonyl (C=O) groups is 2. The molecule has 0 saturated carbocycles. The minimum Gasteiger partial charge on any atom is -0.299 e. The van der Waals surface area contributed by atoms with E-state index in [1.54, 1.807) is 0 Å². The van der Waals surface area contributed by atoms with Crippen molar-refractivity contribution in [1.29, 1.82) is 0 Å². The molecule has 168 valence electrons. The lowest BCUT2D eigenvalue weighted by Crippen LogP contribution is -2.21. The average Bonchev–Trinajstić information content (AvgIpc) is 2.77. The summed E-state index contributed by atoms with van der Waals surface area (Å²) in [6.07, 6.45) is 2.53. The van der Waals surface area contributed by atoms with Crippen molar-refractivity contribution in [2.45, 2.75) is 59.8 Å². The summed E-state index contributed by atoms with van der Waals surface area (Å²) in [5.41, 5.74) is 4.83.